The Morgan fingerprint density at radius 1 is 1.39 bits per heavy atom. The van der Waals surface area contributed by atoms with Gasteiger partial charge in [-0.15, -0.1) is 0 Å². The Morgan fingerprint density at radius 3 is 2.83 bits per heavy atom. The number of carbonyl (C=O) groups excluding carboxylic acids is 1. The zero-order valence-corrected chi connectivity index (χ0v) is 13.7. The minimum atomic E-state index is -3.22. The molecule has 0 spiro atoms. The van der Waals surface area contributed by atoms with Crippen molar-refractivity contribution < 1.29 is 13.2 Å². The van der Waals surface area contributed by atoms with Crippen molar-refractivity contribution in [1.82, 2.24) is 28.7 Å². The van der Waals surface area contributed by atoms with E-state index in [1.165, 1.54) is 10.6 Å². The summed E-state index contributed by atoms with van der Waals surface area (Å²) in [7, 11) is -1.47. The number of nitrogens with one attached hydrogen (secondary N) is 1. The van der Waals surface area contributed by atoms with Crippen molar-refractivity contribution in [2.75, 3.05) is 12.8 Å². The molecule has 124 valence electrons. The van der Waals surface area contributed by atoms with Gasteiger partial charge in [0.05, 0.1) is 25.0 Å². The van der Waals surface area contributed by atoms with E-state index in [1.807, 2.05) is 10.8 Å². The molecular formula is C13H18N6O3S. The van der Waals surface area contributed by atoms with Crippen molar-refractivity contribution in [1.29, 1.82) is 0 Å². The number of aromatic nitrogens is 4. The van der Waals surface area contributed by atoms with Gasteiger partial charge < -0.3 is 14.5 Å². The zero-order valence-electron chi connectivity index (χ0n) is 12.9. The molecule has 0 radical (unpaired) electrons. The molecule has 23 heavy (non-hydrogen) atoms. The Hall–Kier alpha value is -2.20. The maximum absolute atomic E-state index is 12.0. The Morgan fingerprint density at radius 2 is 2.17 bits per heavy atom. The molecule has 3 rings (SSSR count). The Kier molecular flexibility index (Phi) is 3.94. The molecule has 0 saturated carbocycles. The minimum Gasteiger partial charge on any atom is -0.344 e. The predicted octanol–water partition coefficient (Wildman–Crippen LogP) is -0.678. The highest BCUT2D eigenvalue weighted by Crippen LogP contribution is 2.15. The van der Waals surface area contributed by atoms with E-state index in [9.17, 15) is 13.2 Å². The van der Waals surface area contributed by atoms with E-state index >= 15 is 0 Å². The van der Waals surface area contributed by atoms with Crippen LogP contribution in [0.3, 0.4) is 0 Å². The van der Waals surface area contributed by atoms with Gasteiger partial charge in [0.2, 0.25) is 10.0 Å². The molecule has 0 bridgehead atoms. The molecule has 10 heteroatoms. The van der Waals surface area contributed by atoms with Crippen molar-refractivity contribution in [2.45, 2.75) is 19.6 Å². The number of hydrogen-bond donors (Lipinski definition) is 1. The fourth-order valence-electron chi connectivity index (χ4n) is 2.49. The molecular weight excluding hydrogens is 320 g/mol. The number of hydrogen-bond acceptors (Lipinski definition) is 5. The predicted molar refractivity (Wildman–Crippen MR) is 81.9 cm³/mol. The second-order valence-corrected chi connectivity index (χ2v) is 7.47. The number of fused-ring (bicyclic) bond motifs is 1. The van der Waals surface area contributed by atoms with Crippen LogP contribution in [0.1, 0.15) is 22.1 Å². The highest BCUT2D eigenvalue weighted by molar-refractivity contribution is 7.88. The quantitative estimate of drug-likeness (QED) is 0.796. The topological polar surface area (TPSA) is 102 Å². The van der Waals surface area contributed by atoms with Gasteiger partial charge in [0.25, 0.3) is 5.91 Å². The van der Waals surface area contributed by atoms with E-state index in [0.717, 1.165) is 0 Å². The standard InChI is InChI=1S/C13H18N6O3S/c1-17-4-3-14-12(17)13(20)15-7-10-8-18-5-6-19(23(2,21)22)9-11(18)16-10/h3-4,8H,5-7,9H2,1-2H3,(H,15,20). The van der Waals surface area contributed by atoms with Gasteiger partial charge in [-0.2, -0.15) is 4.31 Å². The maximum Gasteiger partial charge on any atom is 0.287 e. The molecule has 0 aliphatic carbocycles. The van der Waals surface area contributed by atoms with Crippen molar-refractivity contribution >= 4 is 15.9 Å². The van der Waals surface area contributed by atoms with Crippen LogP contribution in [-0.4, -0.2) is 50.5 Å². The largest absolute Gasteiger partial charge is 0.344 e. The maximum atomic E-state index is 12.0. The van der Waals surface area contributed by atoms with Crippen molar-refractivity contribution in [2.24, 2.45) is 7.05 Å². The third-order valence-electron chi connectivity index (χ3n) is 3.74. The van der Waals surface area contributed by atoms with E-state index in [4.69, 9.17) is 0 Å². The van der Waals surface area contributed by atoms with Crippen LogP contribution in [0, 0.1) is 0 Å². The lowest BCUT2D eigenvalue weighted by Gasteiger charge is -2.25. The second kappa shape index (κ2) is 5.78. The average molecular weight is 338 g/mol. The van der Waals surface area contributed by atoms with Crippen LogP contribution >= 0.6 is 0 Å². The Bertz CT molecular complexity index is 838. The number of aryl methyl sites for hydroxylation is 1. The molecule has 3 heterocycles. The van der Waals surface area contributed by atoms with E-state index in [0.29, 0.717) is 30.4 Å². The van der Waals surface area contributed by atoms with Gasteiger partial charge in [0.15, 0.2) is 5.82 Å². The van der Waals surface area contributed by atoms with E-state index in [1.54, 1.807) is 24.0 Å². The summed E-state index contributed by atoms with van der Waals surface area (Å²) in [6, 6.07) is 0. The summed E-state index contributed by atoms with van der Waals surface area (Å²) in [6.45, 7) is 1.51. The van der Waals surface area contributed by atoms with E-state index in [-0.39, 0.29) is 19.0 Å². The first-order valence-corrected chi connectivity index (χ1v) is 8.95. The second-order valence-electron chi connectivity index (χ2n) is 5.48. The minimum absolute atomic E-state index is 0.256. The lowest BCUT2D eigenvalue weighted by atomic mass is 10.4. The first-order valence-electron chi connectivity index (χ1n) is 7.10. The van der Waals surface area contributed by atoms with Gasteiger partial charge in [0.1, 0.15) is 5.82 Å². The number of sulfonamides is 1. The lowest BCUT2D eigenvalue weighted by molar-refractivity contribution is 0.0937. The summed E-state index contributed by atoms with van der Waals surface area (Å²) >= 11 is 0. The fourth-order valence-corrected chi connectivity index (χ4v) is 3.25. The number of amides is 1. The molecule has 0 saturated heterocycles. The fraction of sp³-hybridized carbons (Fsp3) is 0.462. The van der Waals surface area contributed by atoms with Crippen LogP contribution in [0.5, 0.6) is 0 Å². The first kappa shape index (κ1) is 15.7. The van der Waals surface area contributed by atoms with Crippen molar-refractivity contribution in [3.63, 3.8) is 0 Å². The van der Waals surface area contributed by atoms with E-state index < -0.39 is 10.0 Å². The summed E-state index contributed by atoms with van der Waals surface area (Å²) in [5.74, 6) is 0.737. The first-order chi connectivity index (χ1) is 10.8. The number of rotatable bonds is 4. The highest BCUT2D eigenvalue weighted by atomic mass is 32.2. The molecule has 0 unspecified atom stereocenters. The van der Waals surface area contributed by atoms with Crippen LogP contribution in [-0.2, 0) is 36.7 Å². The third-order valence-corrected chi connectivity index (χ3v) is 4.99. The molecule has 2 aromatic rings. The summed E-state index contributed by atoms with van der Waals surface area (Å²) in [4.78, 5) is 20.4. The van der Waals surface area contributed by atoms with Gasteiger partial charge >= 0.3 is 0 Å². The molecule has 1 aliphatic rings. The third kappa shape index (κ3) is 3.27. The van der Waals surface area contributed by atoms with Crippen LogP contribution in [0.2, 0.25) is 0 Å². The SMILES string of the molecule is Cn1ccnc1C(=O)NCc1cn2c(n1)CN(S(C)(=O)=O)CC2. The molecule has 1 amide bonds. The summed E-state index contributed by atoms with van der Waals surface area (Å²) in [6.07, 6.45) is 6.29. The number of imidazole rings is 2. The molecule has 1 aliphatic heterocycles. The average Bonchev–Trinajstić information content (AvgIpc) is 3.08. The van der Waals surface area contributed by atoms with Crippen LogP contribution < -0.4 is 5.32 Å². The van der Waals surface area contributed by atoms with Crippen LogP contribution in [0.25, 0.3) is 0 Å². The summed E-state index contributed by atoms with van der Waals surface area (Å²) in [5.41, 5.74) is 0.693. The van der Waals surface area contributed by atoms with Gasteiger partial charge in [-0.05, 0) is 0 Å². The van der Waals surface area contributed by atoms with Gasteiger partial charge in [-0.1, -0.05) is 0 Å². The summed E-state index contributed by atoms with van der Waals surface area (Å²) in [5, 5.41) is 2.76. The van der Waals surface area contributed by atoms with Crippen LogP contribution in [0.4, 0.5) is 0 Å². The van der Waals surface area contributed by atoms with Crippen LogP contribution in [0.15, 0.2) is 18.6 Å². The molecule has 0 aromatic carbocycles. The molecule has 0 fully saturated rings. The number of carbonyl (C=O) groups is 1. The zero-order chi connectivity index (χ0) is 16.6. The Labute approximate surface area is 134 Å². The Balaban J connectivity index is 1.66. The molecule has 2 aromatic heterocycles. The molecule has 9 nitrogen and oxygen atoms in total. The van der Waals surface area contributed by atoms with Gasteiger partial charge in [-0.3, -0.25) is 4.79 Å². The monoisotopic (exact) mass is 338 g/mol. The number of nitrogens with zero attached hydrogens (tertiary/aromatic N) is 5. The van der Waals surface area contributed by atoms with Crippen molar-refractivity contribution in [3.05, 3.63) is 35.9 Å². The van der Waals surface area contributed by atoms with Gasteiger partial charge in [0, 0.05) is 38.7 Å². The normalized spacial score (nSPS) is 15.4. The van der Waals surface area contributed by atoms with Gasteiger partial charge in [-0.25, -0.2) is 18.4 Å². The summed E-state index contributed by atoms with van der Waals surface area (Å²) < 4.78 is 28.2. The van der Waals surface area contributed by atoms with Crippen molar-refractivity contribution in [3.8, 4) is 0 Å². The molecule has 1 N–H and O–H groups in total. The highest BCUT2D eigenvalue weighted by Gasteiger charge is 2.24. The lowest BCUT2D eigenvalue weighted by Crippen LogP contribution is -2.37. The smallest absolute Gasteiger partial charge is 0.287 e. The van der Waals surface area contributed by atoms with E-state index in [2.05, 4.69) is 15.3 Å². The molecule has 0 atom stereocenters.